The second-order valence-electron chi connectivity index (χ2n) is 7.32. The summed E-state index contributed by atoms with van der Waals surface area (Å²) in [5.74, 6) is 2.19. The summed E-state index contributed by atoms with van der Waals surface area (Å²) in [6, 6.07) is 2.02. The van der Waals surface area contributed by atoms with Crippen LogP contribution in [-0.4, -0.2) is 26.9 Å². The van der Waals surface area contributed by atoms with Crippen LogP contribution in [0, 0.1) is 19.8 Å². The number of nitrogens with two attached hydrogens (primary N) is 1. The van der Waals surface area contributed by atoms with Crippen LogP contribution in [0.25, 0.3) is 11.0 Å². The Bertz CT molecular complexity index is 1010. The monoisotopic (exact) mass is 385 g/mol. The van der Waals surface area contributed by atoms with Gasteiger partial charge in [0.2, 0.25) is 0 Å². The van der Waals surface area contributed by atoms with Crippen LogP contribution in [-0.2, 0) is 19.4 Å². The molecule has 1 aliphatic carbocycles. The first-order valence-corrected chi connectivity index (χ1v) is 9.65. The van der Waals surface area contributed by atoms with Crippen LogP contribution >= 0.6 is 11.6 Å². The molecule has 1 aromatic carbocycles. The van der Waals surface area contributed by atoms with E-state index in [0.29, 0.717) is 12.4 Å². The fourth-order valence-electron chi connectivity index (χ4n) is 3.72. The van der Waals surface area contributed by atoms with Crippen LogP contribution in [0.15, 0.2) is 12.4 Å². The summed E-state index contributed by atoms with van der Waals surface area (Å²) in [7, 11) is 1.74. The van der Waals surface area contributed by atoms with Crippen molar-refractivity contribution in [3.05, 3.63) is 39.8 Å². The highest BCUT2D eigenvalue weighted by Crippen LogP contribution is 2.40. The number of halogens is 1. The number of hydrogen-bond acceptors (Lipinski definition) is 5. The highest BCUT2D eigenvalue weighted by atomic mass is 35.5. The van der Waals surface area contributed by atoms with E-state index >= 15 is 0 Å². The summed E-state index contributed by atoms with van der Waals surface area (Å²) in [6.07, 6.45) is 5.86. The first-order valence-electron chi connectivity index (χ1n) is 9.28. The van der Waals surface area contributed by atoms with Crippen LogP contribution < -0.4 is 10.5 Å². The molecular weight excluding hydrogens is 362 g/mol. The van der Waals surface area contributed by atoms with Crippen LogP contribution in [0.1, 0.15) is 35.2 Å². The standard InChI is InChI=1S/C20H24ClN5O/c1-11-15(8-13-4-5-13)18(27-3)14(9-16(11)21)6-7-26-20-17(12(2)25-26)19(22)23-10-24-20/h9-10,13H,4-8H2,1-3H3,(H2,22,23,24). The Morgan fingerprint density at radius 1 is 1.30 bits per heavy atom. The molecule has 1 fully saturated rings. The molecule has 7 heteroatoms. The van der Waals surface area contributed by atoms with E-state index in [-0.39, 0.29) is 0 Å². The average molecular weight is 386 g/mol. The lowest BCUT2D eigenvalue weighted by Gasteiger charge is -2.18. The molecule has 0 aliphatic heterocycles. The van der Waals surface area contributed by atoms with E-state index < -0.39 is 0 Å². The van der Waals surface area contributed by atoms with E-state index in [1.807, 2.05) is 17.7 Å². The normalized spacial score (nSPS) is 14.1. The molecule has 27 heavy (non-hydrogen) atoms. The van der Waals surface area contributed by atoms with Gasteiger partial charge in [0, 0.05) is 11.6 Å². The fraction of sp³-hybridized carbons (Fsp3) is 0.450. The molecule has 4 rings (SSSR count). The quantitative estimate of drug-likeness (QED) is 0.696. The van der Waals surface area contributed by atoms with Crippen molar-refractivity contribution in [3.63, 3.8) is 0 Å². The molecule has 0 amide bonds. The predicted molar refractivity (Wildman–Crippen MR) is 107 cm³/mol. The molecule has 2 N–H and O–H groups in total. The number of methoxy groups -OCH3 is 1. The maximum atomic E-state index is 6.54. The maximum absolute atomic E-state index is 6.54. The molecule has 2 aromatic heterocycles. The zero-order chi connectivity index (χ0) is 19.1. The first-order chi connectivity index (χ1) is 13.0. The molecule has 0 saturated heterocycles. The summed E-state index contributed by atoms with van der Waals surface area (Å²) in [6.45, 7) is 4.67. The second-order valence-corrected chi connectivity index (χ2v) is 7.73. The largest absolute Gasteiger partial charge is 0.496 e. The van der Waals surface area contributed by atoms with Gasteiger partial charge in [-0.15, -0.1) is 0 Å². The van der Waals surface area contributed by atoms with Gasteiger partial charge in [-0.1, -0.05) is 11.6 Å². The number of hydrogen-bond donors (Lipinski definition) is 1. The molecule has 0 radical (unpaired) electrons. The van der Waals surface area contributed by atoms with E-state index in [2.05, 4.69) is 22.0 Å². The summed E-state index contributed by atoms with van der Waals surface area (Å²) in [5.41, 5.74) is 11.1. The molecule has 0 atom stereocenters. The van der Waals surface area contributed by atoms with Crippen molar-refractivity contribution in [3.8, 4) is 5.75 Å². The van der Waals surface area contributed by atoms with Gasteiger partial charge in [0.15, 0.2) is 5.65 Å². The second kappa shape index (κ2) is 7.00. The Kier molecular flexibility index (Phi) is 4.68. The molecule has 1 aliphatic rings. The van der Waals surface area contributed by atoms with Gasteiger partial charge in [0.25, 0.3) is 0 Å². The van der Waals surface area contributed by atoms with Gasteiger partial charge in [0.05, 0.1) is 18.2 Å². The number of nitrogen functional groups attached to an aromatic ring is 1. The van der Waals surface area contributed by atoms with E-state index in [1.165, 1.54) is 24.7 Å². The average Bonchev–Trinajstić information content (AvgIpc) is 3.40. The number of nitrogens with zero attached hydrogens (tertiary/aromatic N) is 4. The third kappa shape index (κ3) is 3.34. The molecule has 142 valence electrons. The van der Waals surface area contributed by atoms with Gasteiger partial charge >= 0.3 is 0 Å². The molecule has 1 saturated carbocycles. The van der Waals surface area contributed by atoms with E-state index in [1.54, 1.807) is 7.11 Å². The lowest BCUT2D eigenvalue weighted by Crippen LogP contribution is -2.08. The zero-order valence-electron chi connectivity index (χ0n) is 15.9. The van der Waals surface area contributed by atoms with Gasteiger partial charge in [0.1, 0.15) is 17.9 Å². The van der Waals surface area contributed by atoms with E-state index in [0.717, 1.165) is 57.4 Å². The topological polar surface area (TPSA) is 78.9 Å². The Balaban J connectivity index is 1.67. The number of anilines is 1. The van der Waals surface area contributed by atoms with Crippen LogP contribution in [0.4, 0.5) is 5.82 Å². The van der Waals surface area contributed by atoms with Gasteiger partial charge < -0.3 is 10.5 Å². The maximum Gasteiger partial charge on any atom is 0.163 e. The van der Waals surface area contributed by atoms with Crippen molar-refractivity contribution < 1.29 is 4.74 Å². The molecule has 6 nitrogen and oxygen atoms in total. The van der Waals surface area contributed by atoms with Crippen molar-refractivity contribution in [1.82, 2.24) is 19.7 Å². The molecule has 0 spiro atoms. The Morgan fingerprint density at radius 3 is 2.78 bits per heavy atom. The van der Waals surface area contributed by atoms with E-state index in [4.69, 9.17) is 22.1 Å². The van der Waals surface area contributed by atoms with Crippen molar-refractivity contribution in [2.75, 3.05) is 12.8 Å². The van der Waals surface area contributed by atoms with Crippen molar-refractivity contribution >= 4 is 28.5 Å². The third-order valence-electron chi connectivity index (χ3n) is 5.40. The summed E-state index contributed by atoms with van der Waals surface area (Å²) in [5, 5.41) is 6.22. The highest BCUT2D eigenvalue weighted by molar-refractivity contribution is 6.31. The molecule has 3 aromatic rings. The summed E-state index contributed by atoms with van der Waals surface area (Å²) >= 11 is 6.54. The molecule has 0 bridgehead atoms. The highest BCUT2D eigenvalue weighted by Gasteiger charge is 2.26. The third-order valence-corrected chi connectivity index (χ3v) is 5.79. The number of benzene rings is 1. The minimum Gasteiger partial charge on any atom is -0.496 e. The summed E-state index contributed by atoms with van der Waals surface area (Å²) in [4.78, 5) is 8.44. The Morgan fingerprint density at radius 2 is 2.07 bits per heavy atom. The minimum absolute atomic E-state index is 0.464. The van der Waals surface area contributed by atoms with Gasteiger partial charge in [-0.3, -0.25) is 0 Å². The number of rotatable bonds is 6. The predicted octanol–water partition coefficient (Wildman–Crippen LogP) is 3.88. The summed E-state index contributed by atoms with van der Waals surface area (Å²) < 4.78 is 7.69. The van der Waals surface area contributed by atoms with Gasteiger partial charge in [-0.05, 0) is 68.2 Å². The van der Waals surface area contributed by atoms with Crippen molar-refractivity contribution in [1.29, 1.82) is 0 Å². The van der Waals surface area contributed by atoms with Gasteiger partial charge in [-0.2, -0.15) is 5.10 Å². The Hall–Kier alpha value is -2.34. The number of aromatic nitrogens is 4. The van der Waals surface area contributed by atoms with Crippen molar-refractivity contribution in [2.24, 2.45) is 5.92 Å². The minimum atomic E-state index is 0.464. The lowest BCUT2D eigenvalue weighted by atomic mass is 9.97. The zero-order valence-corrected chi connectivity index (χ0v) is 16.7. The van der Waals surface area contributed by atoms with Gasteiger partial charge in [-0.25, -0.2) is 14.6 Å². The number of aryl methyl sites for hydroxylation is 3. The molecule has 0 unspecified atom stereocenters. The lowest BCUT2D eigenvalue weighted by molar-refractivity contribution is 0.401. The van der Waals surface area contributed by atoms with Crippen molar-refractivity contribution in [2.45, 2.75) is 46.1 Å². The molecule has 2 heterocycles. The van der Waals surface area contributed by atoms with Crippen LogP contribution in [0.5, 0.6) is 5.75 Å². The smallest absolute Gasteiger partial charge is 0.163 e. The van der Waals surface area contributed by atoms with Crippen LogP contribution in [0.2, 0.25) is 5.02 Å². The number of ether oxygens (including phenoxy) is 1. The fourth-order valence-corrected chi connectivity index (χ4v) is 3.97. The SMILES string of the molecule is COc1c(CCn2nc(C)c3c(N)ncnc32)cc(Cl)c(C)c1CC1CC1. The Labute approximate surface area is 163 Å². The van der Waals surface area contributed by atoms with Crippen LogP contribution in [0.3, 0.4) is 0 Å². The molecular formula is C20H24ClN5O. The first kappa shape index (κ1) is 18.0. The van der Waals surface area contributed by atoms with E-state index in [9.17, 15) is 0 Å². The number of fused-ring (bicyclic) bond motifs is 1.